The number of hydrogen-bond acceptors (Lipinski definition) is 4. The third-order valence-electron chi connectivity index (χ3n) is 5.04. The Morgan fingerprint density at radius 3 is 2.65 bits per heavy atom. The number of nitrogens with zero attached hydrogens (tertiary/aromatic N) is 5. The number of hydrogen-bond donors (Lipinski definition) is 1. The molecule has 0 spiro atoms. The van der Waals surface area contributed by atoms with Crippen molar-refractivity contribution in [3.8, 4) is 0 Å². The van der Waals surface area contributed by atoms with E-state index < -0.39 is 5.54 Å². The first-order valence-electron chi connectivity index (χ1n) is 8.44. The van der Waals surface area contributed by atoms with E-state index in [1.54, 1.807) is 13.8 Å². The summed E-state index contributed by atoms with van der Waals surface area (Å²) in [6.45, 7) is 3.99. The molecule has 2 amide bonds. The minimum absolute atomic E-state index is 0.203. The van der Waals surface area contributed by atoms with E-state index in [1.807, 2.05) is 35.9 Å². The SMILES string of the molecule is Cn1c2ccccc2n2c(=O)n(CC(=O)N3CCNC(=O)C3(C)C)nc12. The van der Waals surface area contributed by atoms with Gasteiger partial charge in [-0.25, -0.2) is 13.9 Å². The number of carbonyl (C=O) groups is 2. The summed E-state index contributed by atoms with van der Waals surface area (Å²) in [5.74, 6) is -0.0373. The molecule has 1 aliphatic heterocycles. The number of nitrogens with one attached hydrogen (secondary N) is 1. The van der Waals surface area contributed by atoms with Crippen LogP contribution in [-0.4, -0.2) is 54.1 Å². The smallest absolute Gasteiger partial charge is 0.352 e. The highest BCUT2D eigenvalue weighted by Gasteiger charge is 2.40. The van der Waals surface area contributed by atoms with Crippen molar-refractivity contribution in [2.24, 2.45) is 7.05 Å². The minimum atomic E-state index is -0.954. The summed E-state index contributed by atoms with van der Waals surface area (Å²) in [5, 5.41) is 7.09. The summed E-state index contributed by atoms with van der Waals surface area (Å²) in [6, 6.07) is 7.50. The molecule has 1 aromatic carbocycles. The zero-order valence-corrected chi connectivity index (χ0v) is 14.9. The number of fused-ring (bicyclic) bond motifs is 3. The van der Waals surface area contributed by atoms with Crippen molar-refractivity contribution in [3.05, 3.63) is 34.7 Å². The summed E-state index contributed by atoms with van der Waals surface area (Å²) >= 11 is 0. The van der Waals surface area contributed by atoms with Crippen molar-refractivity contribution >= 4 is 28.6 Å². The van der Waals surface area contributed by atoms with Gasteiger partial charge < -0.3 is 14.8 Å². The molecule has 1 aliphatic rings. The Balaban J connectivity index is 1.73. The monoisotopic (exact) mass is 356 g/mol. The number of piperazine rings is 1. The molecular weight excluding hydrogens is 336 g/mol. The summed E-state index contributed by atoms with van der Waals surface area (Å²) in [5.41, 5.74) is 0.306. The topological polar surface area (TPSA) is 93.6 Å². The molecule has 26 heavy (non-hydrogen) atoms. The van der Waals surface area contributed by atoms with E-state index in [1.165, 1.54) is 9.30 Å². The van der Waals surface area contributed by atoms with Gasteiger partial charge >= 0.3 is 5.69 Å². The lowest BCUT2D eigenvalue weighted by Crippen LogP contribution is -2.64. The Morgan fingerprint density at radius 2 is 1.92 bits per heavy atom. The molecule has 1 N–H and O–H groups in total. The second kappa shape index (κ2) is 5.45. The summed E-state index contributed by atoms with van der Waals surface area (Å²) in [4.78, 5) is 39.1. The van der Waals surface area contributed by atoms with Crippen molar-refractivity contribution < 1.29 is 9.59 Å². The van der Waals surface area contributed by atoms with Gasteiger partial charge in [0.15, 0.2) is 0 Å². The largest absolute Gasteiger partial charge is 0.352 e. The molecular formula is C17H20N6O3. The Kier molecular flexibility index (Phi) is 3.43. The number of carbonyl (C=O) groups excluding carboxylic acids is 2. The molecule has 0 atom stereocenters. The average Bonchev–Trinajstić information content (AvgIpc) is 3.06. The first kappa shape index (κ1) is 16.4. The van der Waals surface area contributed by atoms with Gasteiger partial charge in [-0.15, -0.1) is 5.10 Å². The zero-order chi connectivity index (χ0) is 18.6. The molecule has 1 fully saturated rings. The number of benzene rings is 1. The average molecular weight is 356 g/mol. The Labute approximate surface area is 148 Å². The molecule has 0 saturated carbocycles. The predicted molar refractivity (Wildman–Crippen MR) is 94.7 cm³/mol. The van der Waals surface area contributed by atoms with E-state index in [0.29, 0.717) is 18.9 Å². The summed E-state index contributed by atoms with van der Waals surface area (Å²) in [7, 11) is 1.83. The van der Waals surface area contributed by atoms with Gasteiger partial charge in [0.05, 0.1) is 11.0 Å². The number of rotatable bonds is 2. The van der Waals surface area contributed by atoms with Crippen molar-refractivity contribution in [3.63, 3.8) is 0 Å². The van der Waals surface area contributed by atoms with Gasteiger partial charge in [-0.2, -0.15) is 0 Å². The molecule has 9 nitrogen and oxygen atoms in total. The molecule has 4 rings (SSSR count). The van der Waals surface area contributed by atoms with Crippen LogP contribution in [-0.2, 0) is 23.2 Å². The van der Waals surface area contributed by atoms with Crippen LogP contribution in [0.15, 0.2) is 29.1 Å². The van der Waals surface area contributed by atoms with Gasteiger partial charge in [0.2, 0.25) is 17.6 Å². The number of aromatic nitrogens is 4. The van der Waals surface area contributed by atoms with Crippen LogP contribution in [0.4, 0.5) is 0 Å². The van der Waals surface area contributed by atoms with E-state index >= 15 is 0 Å². The van der Waals surface area contributed by atoms with Crippen LogP contribution < -0.4 is 11.0 Å². The van der Waals surface area contributed by atoms with Gasteiger partial charge in [0.1, 0.15) is 12.1 Å². The van der Waals surface area contributed by atoms with E-state index in [4.69, 9.17) is 0 Å². The van der Waals surface area contributed by atoms with E-state index in [0.717, 1.165) is 15.7 Å². The highest BCUT2D eigenvalue weighted by molar-refractivity contribution is 5.91. The lowest BCUT2D eigenvalue weighted by atomic mass is 9.99. The maximum Gasteiger partial charge on any atom is 0.352 e. The molecule has 0 radical (unpaired) electrons. The third kappa shape index (κ3) is 2.16. The summed E-state index contributed by atoms with van der Waals surface area (Å²) in [6.07, 6.45) is 0. The van der Waals surface area contributed by atoms with Crippen molar-refractivity contribution in [1.29, 1.82) is 0 Å². The fraction of sp³-hybridized carbons (Fsp3) is 0.412. The van der Waals surface area contributed by atoms with E-state index in [9.17, 15) is 14.4 Å². The molecule has 136 valence electrons. The van der Waals surface area contributed by atoms with Gasteiger partial charge in [-0.1, -0.05) is 12.1 Å². The van der Waals surface area contributed by atoms with Gasteiger partial charge in [-0.05, 0) is 26.0 Å². The lowest BCUT2D eigenvalue weighted by molar-refractivity contribution is -0.149. The number of para-hydroxylation sites is 2. The maximum atomic E-state index is 12.8. The Morgan fingerprint density at radius 1 is 1.23 bits per heavy atom. The summed E-state index contributed by atoms with van der Waals surface area (Å²) < 4.78 is 4.47. The van der Waals surface area contributed by atoms with Crippen molar-refractivity contribution in [1.82, 2.24) is 29.0 Å². The fourth-order valence-corrected chi connectivity index (χ4v) is 3.52. The van der Waals surface area contributed by atoms with Crippen LogP contribution in [0.2, 0.25) is 0 Å². The Hall–Kier alpha value is -3.10. The molecule has 9 heteroatoms. The molecule has 3 heterocycles. The second-order valence-corrected chi connectivity index (χ2v) is 6.98. The minimum Gasteiger partial charge on any atom is -0.352 e. The van der Waals surface area contributed by atoms with Gasteiger partial charge in [-0.3, -0.25) is 9.59 Å². The molecule has 1 saturated heterocycles. The molecule has 0 bridgehead atoms. The molecule has 3 aromatic rings. The van der Waals surface area contributed by atoms with E-state index in [-0.39, 0.29) is 24.0 Å². The van der Waals surface area contributed by atoms with Crippen molar-refractivity contribution in [2.45, 2.75) is 25.9 Å². The van der Waals surface area contributed by atoms with Crippen molar-refractivity contribution in [2.75, 3.05) is 13.1 Å². The van der Waals surface area contributed by atoms with Gasteiger partial charge in [0.25, 0.3) is 0 Å². The highest BCUT2D eigenvalue weighted by Crippen LogP contribution is 2.19. The zero-order valence-electron chi connectivity index (χ0n) is 14.9. The van der Waals surface area contributed by atoms with Crippen LogP contribution in [0, 0.1) is 0 Å². The highest BCUT2D eigenvalue weighted by atomic mass is 16.2. The molecule has 2 aromatic heterocycles. The normalized spacial score (nSPS) is 17.0. The number of imidazole rings is 1. The predicted octanol–water partition coefficient (Wildman–Crippen LogP) is -0.275. The lowest BCUT2D eigenvalue weighted by Gasteiger charge is -2.41. The first-order valence-corrected chi connectivity index (χ1v) is 8.44. The van der Waals surface area contributed by atoms with E-state index in [2.05, 4.69) is 10.4 Å². The quantitative estimate of drug-likeness (QED) is 0.684. The van der Waals surface area contributed by atoms with Crippen LogP contribution in [0.5, 0.6) is 0 Å². The first-order chi connectivity index (χ1) is 12.3. The fourth-order valence-electron chi connectivity index (χ4n) is 3.52. The van der Waals surface area contributed by atoms with Crippen LogP contribution >= 0.6 is 0 Å². The molecule has 0 unspecified atom stereocenters. The Bertz CT molecular complexity index is 1100. The van der Waals surface area contributed by atoms with Crippen LogP contribution in [0.1, 0.15) is 13.8 Å². The maximum absolute atomic E-state index is 12.8. The van der Waals surface area contributed by atoms with Gasteiger partial charge in [0, 0.05) is 20.1 Å². The molecule has 0 aliphatic carbocycles. The third-order valence-corrected chi connectivity index (χ3v) is 5.04. The standard InChI is InChI=1S/C17H20N6O3/c1-17(2)14(25)18-8-9-21(17)13(24)10-22-16(26)23-12-7-5-4-6-11(12)20(3)15(23)19-22/h4-7H,8-10H2,1-3H3,(H,18,25). The number of amides is 2. The van der Waals surface area contributed by atoms with Crippen LogP contribution in [0.25, 0.3) is 16.8 Å². The van der Waals surface area contributed by atoms with Crippen LogP contribution in [0.3, 0.4) is 0 Å². The number of aryl methyl sites for hydroxylation is 1. The second-order valence-electron chi connectivity index (χ2n) is 6.98.